The van der Waals surface area contributed by atoms with Gasteiger partial charge in [-0.15, -0.1) is 11.3 Å². The molecule has 6 heteroatoms. The van der Waals surface area contributed by atoms with Gasteiger partial charge in [-0.2, -0.15) is 0 Å². The first kappa shape index (κ1) is 14.6. The molecule has 0 aliphatic heterocycles. The first-order valence-corrected chi connectivity index (χ1v) is 7.23. The minimum Gasteiger partial charge on any atom is -0.469 e. The highest BCUT2D eigenvalue weighted by molar-refractivity contribution is 7.15. The summed E-state index contributed by atoms with van der Waals surface area (Å²) >= 11 is 1.49. The van der Waals surface area contributed by atoms with E-state index in [0.717, 1.165) is 21.3 Å². The molecule has 0 fully saturated rings. The Morgan fingerprint density at radius 1 is 1.50 bits per heavy atom. The molecule has 0 aliphatic carbocycles. The highest BCUT2D eigenvalue weighted by atomic mass is 32.1. The first-order chi connectivity index (χ1) is 9.52. The van der Waals surface area contributed by atoms with Gasteiger partial charge in [0.15, 0.2) is 10.8 Å². The number of furan rings is 1. The fraction of sp³-hybridized carbons (Fsp3) is 0.429. The van der Waals surface area contributed by atoms with Gasteiger partial charge in [0.25, 0.3) is 0 Å². The summed E-state index contributed by atoms with van der Waals surface area (Å²) in [7, 11) is 1.94. The van der Waals surface area contributed by atoms with Crippen LogP contribution in [0.4, 0.5) is 5.13 Å². The SMILES string of the molecule is CCOC(=O)c1nc(N(C)Cc2ccoc2C)sc1C. The topological polar surface area (TPSA) is 55.6 Å². The average Bonchev–Trinajstić information content (AvgIpc) is 2.97. The zero-order chi connectivity index (χ0) is 14.7. The number of carbonyl (C=O) groups excluding carboxylic acids is 1. The number of nitrogens with zero attached hydrogens (tertiary/aromatic N) is 2. The van der Waals surface area contributed by atoms with Crippen LogP contribution in [0.1, 0.15) is 33.6 Å². The largest absolute Gasteiger partial charge is 0.469 e. The van der Waals surface area contributed by atoms with Gasteiger partial charge in [-0.3, -0.25) is 0 Å². The number of esters is 1. The molecule has 20 heavy (non-hydrogen) atoms. The van der Waals surface area contributed by atoms with Crippen LogP contribution < -0.4 is 4.90 Å². The minimum absolute atomic E-state index is 0.356. The summed E-state index contributed by atoms with van der Waals surface area (Å²) in [6, 6.07) is 1.94. The fourth-order valence-corrected chi connectivity index (χ4v) is 2.69. The summed E-state index contributed by atoms with van der Waals surface area (Å²) in [6.45, 7) is 6.64. The fourth-order valence-electron chi connectivity index (χ4n) is 1.83. The zero-order valence-corrected chi connectivity index (χ0v) is 12.9. The Hall–Kier alpha value is -1.82. The zero-order valence-electron chi connectivity index (χ0n) is 12.1. The molecule has 0 amide bonds. The second-order valence-corrected chi connectivity index (χ2v) is 5.66. The van der Waals surface area contributed by atoms with Gasteiger partial charge in [-0.1, -0.05) is 0 Å². The van der Waals surface area contributed by atoms with Crippen LogP contribution in [-0.2, 0) is 11.3 Å². The highest BCUT2D eigenvalue weighted by Crippen LogP contribution is 2.27. The van der Waals surface area contributed by atoms with E-state index in [4.69, 9.17) is 9.15 Å². The summed E-state index contributed by atoms with van der Waals surface area (Å²) in [5.41, 5.74) is 1.51. The molecular formula is C14H18N2O3S. The summed E-state index contributed by atoms with van der Waals surface area (Å²) in [5.74, 6) is 0.538. The second kappa shape index (κ2) is 6.09. The quantitative estimate of drug-likeness (QED) is 0.793. The number of rotatable bonds is 5. The number of hydrogen-bond acceptors (Lipinski definition) is 6. The number of anilines is 1. The Balaban J connectivity index is 2.15. The Bertz CT molecular complexity index is 603. The molecule has 0 aliphatic rings. The third kappa shape index (κ3) is 3.01. The van der Waals surface area contributed by atoms with Crippen LogP contribution in [0.2, 0.25) is 0 Å². The van der Waals surface area contributed by atoms with Gasteiger partial charge in [-0.25, -0.2) is 9.78 Å². The third-order valence-electron chi connectivity index (χ3n) is 2.95. The van der Waals surface area contributed by atoms with Crippen molar-refractivity contribution in [2.24, 2.45) is 0 Å². The van der Waals surface area contributed by atoms with E-state index in [0.29, 0.717) is 18.8 Å². The van der Waals surface area contributed by atoms with E-state index >= 15 is 0 Å². The van der Waals surface area contributed by atoms with E-state index in [-0.39, 0.29) is 5.97 Å². The van der Waals surface area contributed by atoms with E-state index in [2.05, 4.69) is 4.98 Å². The van der Waals surface area contributed by atoms with Gasteiger partial charge >= 0.3 is 5.97 Å². The Kier molecular flexibility index (Phi) is 4.44. The number of thiazole rings is 1. The van der Waals surface area contributed by atoms with Crippen molar-refractivity contribution in [2.75, 3.05) is 18.6 Å². The molecule has 0 bridgehead atoms. The van der Waals surface area contributed by atoms with E-state index in [9.17, 15) is 4.79 Å². The molecule has 0 unspecified atom stereocenters. The normalized spacial score (nSPS) is 10.6. The van der Waals surface area contributed by atoms with E-state index < -0.39 is 0 Å². The summed E-state index contributed by atoms with van der Waals surface area (Å²) in [5, 5.41) is 0.797. The van der Waals surface area contributed by atoms with Crippen molar-refractivity contribution in [2.45, 2.75) is 27.3 Å². The maximum Gasteiger partial charge on any atom is 0.358 e. The molecule has 2 aromatic heterocycles. The molecular weight excluding hydrogens is 276 g/mol. The molecule has 0 saturated heterocycles. The van der Waals surface area contributed by atoms with Crippen molar-refractivity contribution >= 4 is 22.4 Å². The lowest BCUT2D eigenvalue weighted by Gasteiger charge is -2.14. The van der Waals surface area contributed by atoms with Crippen LogP contribution in [0, 0.1) is 13.8 Å². The predicted octanol–water partition coefficient (Wildman–Crippen LogP) is 3.17. The summed E-state index contributed by atoms with van der Waals surface area (Å²) < 4.78 is 10.3. The molecule has 2 heterocycles. The van der Waals surface area contributed by atoms with Gasteiger partial charge in [-0.05, 0) is 26.8 Å². The Morgan fingerprint density at radius 3 is 2.85 bits per heavy atom. The van der Waals surface area contributed by atoms with Crippen LogP contribution in [0.3, 0.4) is 0 Å². The van der Waals surface area contributed by atoms with Crippen molar-refractivity contribution in [3.05, 3.63) is 34.2 Å². The maximum absolute atomic E-state index is 11.8. The number of carbonyl (C=O) groups is 1. The third-order valence-corrected chi connectivity index (χ3v) is 4.04. The highest BCUT2D eigenvalue weighted by Gasteiger charge is 2.18. The average molecular weight is 294 g/mol. The molecule has 0 N–H and O–H groups in total. The molecule has 5 nitrogen and oxygen atoms in total. The molecule has 0 radical (unpaired) electrons. The number of aromatic nitrogens is 1. The number of aryl methyl sites for hydroxylation is 2. The second-order valence-electron chi connectivity index (χ2n) is 4.48. The van der Waals surface area contributed by atoms with Crippen LogP contribution in [-0.4, -0.2) is 24.6 Å². The molecule has 2 rings (SSSR count). The van der Waals surface area contributed by atoms with Gasteiger partial charge in [0.2, 0.25) is 0 Å². The van der Waals surface area contributed by atoms with Crippen molar-refractivity contribution in [3.63, 3.8) is 0 Å². The van der Waals surface area contributed by atoms with Gasteiger partial charge in [0.1, 0.15) is 5.76 Å². The minimum atomic E-state index is -0.361. The molecule has 108 valence electrons. The van der Waals surface area contributed by atoms with Crippen molar-refractivity contribution in [1.82, 2.24) is 4.98 Å². The Morgan fingerprint density at radius 2 is 2.25 bits per heavy atom. The lowest BCUT2D eigenvalue weighted by atomic mass is 10.2. The Labute approximate surface area is 122 Å². The molecule has 0 atom stereocenters. The lowest BCUT2D eigenvalue weighted by molar-refractivity contribution is 0.0519. The summed E-state index contributed by atoms with van der Waals surface area (Å²) in [6.07, 6.45) is 1.68. The van der Waals surface area contributed by atoms with E-state index in [1.807, 2.05) is 31.9 Å². The lowest BCUT2D eigenvalue weighted by Crippen LogP contribution is -2.16. The summed E-state index contributed by atoms with van der Waals surface area (Å²) in [4.78, 5) is 19.0. The van der Waals surface area contributed by atoms with E-state index in [1.165, 1.54) is 11.3 Å². The van der Waals surface area contributed by atoms with E-state index in [1.54, 1.807) is 13.2 Å². The maximum atomic E-state index is 11.8. The standard InChI is InChI=1S/C14H18N2O3S/c1-5-18-13(17)12-10(3)20-14(15-12)16(4)8-11-6-7-19-9(11)2/h6-7H,5,8H2,1-4H3. The van der Waals surface area contributed by atoms with Crippen LogP contribution in [0.25, 0.3) is 0 Å². The molecule has 0 saturated carbocycles. The van der Waals surface area contributed by atoms with Crippen molar-refractivity contribution in [1.29, 1.82) is 0 Å². The molecule has 0 spiro atoms. The van der Waals surface area contributed by atoms with Crippen LogP contribution in [0.5, 0.6) is 0 Å². The monoisotopic (exact) mass is 294 g/mol. The predicted molar refractivity (Wildman–Crippen MR) is 78.4 cm³/mol. The number of ether oxygens (including phenoxy) is 1. The number of hydrogen-bond donors (Lipinski definition) is 0. The van der Waals surface area contributed by atoms with Crippen molar-refractivity contribution < 1.29 is 13.9 Å². The molecule has 2 aromatic rings. The van der Waals surface area contributed by atoms with Crippen molar-refractivity contribution in [3.8, 4) is 0 Å². The van der Waals surface area contributed by atoms with Crippen LogP contribution in [0.15, 0.2) is 16.7 Å². The smallest absolute Gasteiger partial charge is 0.358 e. The van der Waals surface area contributed by atoms with Gasteiger partial charge < -0.3 is 14.1 Å². The first-order valence-electron chi connectivity index (χ1n) is 6.41. The van der Waals surface area contributed by atoms with Gasteiger partial charge in [0, 0.05) is 24.0 Å². The van der Waals surface area contributed by atoms with Gasteiger partial charge in [0.05, 0.1) is 12.9 Å². The molecule has 0 aromatic carbocycles. The van der Waals surface area contributed by atoms with Crippen LogP contribution >= 0.6 is 11.3 Å².